The Kier molecular flexibility index (Phi) is 4.46. The standard InChI is InChI=1S/C13H18O3S/c1-13(2,12(14)15)8-9-6-5-7-10(17-4)11(9)16-3/h5-7H,8H2,1-4H3,(H,14,15). The first-order valence-electron chi connectivity index (χ1n) is 5.35. The van der Waals surface area contributed by atoms with Crippen LogP contribution in [0.5, 0.6) is 5.75 Å². The van der Waals surface area contributed by atoms with Gasteiger partial charge in [0.2, 0.25) is 0 Å². The van der Waals surface area contributed by atoms with E-state index in [1.807, 2.05) is 24.5 Å². The lowest BCUT2D eigenvalue weighted by molar-refractivity contribution is -0.146. The maximum atomic E-state index is 11.1. The predicted molar refractivity (Wildman–Crippen MR) is 69.9 cm³/mol. The Labute approximate surface area is 106 Å². The molecule has 94 valence electrons. The molecule has 17 heavy (non-hydrogen) atoms. The van der Waals surface area contributed by atoms with Crippen molar-refractivity contribution in [1.82, 2.24) is 0 Å². The average Bonchev–Trinajstić information content (AvgIpc) is 2.27. The molecular formula is C13H18O3S. The number of carboxylic acid groups (broad SMARTS) is 1. The molecule has 1 aromatic rings. The van der Waals surface area contributed by atoms with Crippen molar-refractivity contribution in [2.45, 2.75) is 25.2 Å². The molecule has 0 atom stereocenters. The molecule has 1 aromatic carbocycles. The van der Waals surface area contributed by atoms with Gasteiger partial charge in [0.25, 0.3) is 0 Å². The van der Waals surface area contributed by atoms with Gasteiger partial charge >= 0.3 is 5.97 Å². The topological polar surface area (TPSA) is 46.5 Å². The van der Waals surface area contributed by atoms with Crippen molar-refractivity contribution in [2.24, 2.45) is 5.41 Å². The first-order valence-corrected chi connectivity index (χ1v) is 6.58. The van der Waals surface area contributed by atoms with Crippen LogP contribution in [0, 0.1) is 5.41 Å². The highest BCUT2D eigenvalue weighted by Gasteiger charge is 2.29. The van der Waals surface area contributed by atoms with E-state index in [4.69, 9.17) is 9.84 Å². The summed E-state index contributed by atoms with van der Waals surface area (Å²) >= 11 is 1.60. The van der Waals surface area contributed by atoms with Gasteiger partial charge in [-0.1, -0.05) is 12.1 Å². The molecule has 0 aliphatic carbocycles. The van der Waals surface area contributed by atoms with E-state index in [9.17, 15) is 4.79 Å². The van der Waals surface area contributed by atoms with E-state index in [-0.39, 0.29) is 0 Å². The summed E-state index contributed by atoms with van der Waals surface area (Å²) in [6.45, 7) is 3.45. The van der Waals surface area contributed by atoms with Crippen LogP contribution in [0.1, 0.15) is 19.4 Å². The van der Waals surface area contributed by atoms with Gasteiger partial charge in [0.15, 0.2) is 0 Å². The molecule has 0 radical (unpaired) electrons. The first kappa shape index (κ1) is 13.9. The van der Waals surface area contributed by atoms with Gasteiger partial charge < -0.3 is 9.84 Å². The Bertz CT molecular complexity index is 413. The van der Waals surface area contributed by atoms with E-state index in [2.05, 4.69) is 0 Å². The van der Waals surface area contributed by atoms with E-state index >= 15 is 0 Å². The molecule has 1 N–H and O–H groups in total. The number of aliphatic carboxylic acids is 1. The van der Waals surface area contributed by atoms with Crippen molar-refractivity contribution in [1.29, 1.82) is 0 Å². The minimum atomic E-state index is -0.797. The second-order valence-corrected chi connectivity index (χ2v) is 5.37. The molecule has 0 aromatic heterocycles. The average molecular weight is 254 g/mol. The van der Waals surface area contributed by atoms with Gasteiger partial charge in [-0.3, -0.25) is 4.79 Å². The number of ether oxygens (including phenoxy) is 1. The summed E-state index contributed by atoms with van der Waals surface area (Å²) in [5.74, 6) is -0.0107. The number of methoxy groups -OCH3 is 1. The first-order chi connectivity index (χ1) is 7.92. The lowest BCUT2D eigenvalue weighted by Crippen LogP contribution is -2.26. The van der Waals surface area contributed by atoms with Crippen molar-refractivity contribution in [3.63, 3.8) is 0 Å². The monoisotopic (exact) mass is 254 g/mol. The summed E-state index contributed by atoms with van der Waals surface area (Å²) < 4.78 is 5.38. The molecule has 0 amide bonds. The number of hydrogen-bond donors (Lipinski definition) is 1. The molecule has 0 spiro atoms. The van der Waals surface area contributed by atoms with Gasteiger partial charge in [-0.05, 0) is 38.2 Å². The van der Waals surface area contributed by atoms with Crippen molar-refractivity contribution < 1.29 is 14.6 Å². The van der Waals surface area contributed by atoms with E-state index in [1.54, 1.807) is 32.7 Å². The molecule has 0 unspecified atom stereocenters. The van der Waals surface area contributed by atoms with Crippen LogP contribution >= 0.6 is 11.8 Å². The zero-order chi connectivity index (χ0) is 13.1. The number of rotatable bonds is 5. The van der Waals surface area contributed by atoms with Gasteiger partial charge in [-0.15, -0.1) is 11.8 Å². The number of thioether (sulfide) groups is 1. The Morgan fingerprint density at radius 3 is 2.59 bits per heavy atom. The third-order valence-corrected chi connectivity index (χ3v) is 3.46. The summed E-state index contributed by atoms with van der Waals surface area (Å²) in [5, 5.41) is 9.15. The van der Waals surface area contributed by atoms with Crippen LogP contribution in [-0.2, 0) is 11.2 Å². The number of carbonyl (C=O) groups is 1. The maximum Gasteiger partial charge on any atom is 0.309 e. The van der Waals surface area contributed by atoms with Crippen molar-refractivity contribution in [3.8, 4) is 5.75 Å². The fraction of sp³-hybridized carbons (Fsp3) is 0.462. The summed E-state index contributed by atoms with van der Waals surface area (Å²) in [6, 6.07) is 5.83. The minimum Gasteiger partial charge on any atom is -0.495 e. The summed E-state index contributed by atoms with van der Waals surface area (Å²) in [4.78, 5) is 12.2. The van der Waals surface area contributed by atoms with E-state index < -0.39 is 11.4 Å². The second kappa shape index (κ2) is 5.45. The van der Waals surface area contributed by atoms with Crippen LogP contribution in [0.3, 0.4) is 0 Å². The van der Waals surface area contributed by atoms with Crippen LogP contribution in [0.25, 0.3) is 0 Å². The Hall–Kier alpha value is -1.16. The highest BCUT2D eigenvalue weighted by atomic mass is 32.2. The fourth-order valence-electron chi connectivity index (χ4n) is 1.64. The normalized spacial score (nSPS) is 11.3. The number of para-hydroxylation sites is 1. The molecule has 4 heteroatoms. The Morgan fingerprint density at radius 1 is 1.47 bits per heavy atom. The van der Waals surface area contributed by atoms with E-state index in [0.717, 1.165) is 16.2 Å². The predicted octanol–water partition coefficient (Wildman–Crippen LogP) is 3.07. The highest BCUT2D eigenvalue weighted by molar-refractivity contribution is 7.98. The van der Waals surface area contributed by atoms with Gasteiger partial charge in [0.1, 0.15) is 5.75 Å². The molecule has 0 aliphatic rings. The lowest BCUT2D eigenvalue weighted by Gasteiger charge is -2.21. The number of hydrogen-bond acceptors (Lipinski definition) is 3. The van der Waals surface area contributed by atoms with Crippen LogP contribution in [0.2, 0.25) is 0 Å². The third-order valence-electron chi connectivity index (χ3n) is 2.70. The maximum absolute atomic E-state index is 11.1. The minimum absolute atomic E-state index is 0.458. The molecular weight excluding hydrogens is 236 g/mol. The van der Waals surface area contributed by atoms with Gasteiger partial charge in [-0.2, -0.15) is 0 Å². The van der Waals surface area contributed by atoms with E-state index in [0.29, 0.717) is 6.42 Å². The summed E-state index contributed by atoms with van der Waals surface area (Å²) in [5.41, 5.74) is 0.149. The SMILES string of the molecule is COc1c(CC(C)(C)C(=O)O)cccc1SC. The molecule has 0 heterocycles. The quantitative estimate of drug-likeness (QED) is 0.820. The van der Waals surface area contributed by atoms with Crippen LogP contribution in [-0.4, -0.2) is 24.4 Å². The summed E-state index contributed by atoms with van der Waals surface area (Å²) in [7, 11) is 1.62. The van der Waals surface area contributed by atoms with Crippen molar-refractivity contribution in [3.05, 3.63) is 23.8 Å². The largest absolute Gasteiger partial charge is 0.495 e. The van der Waals surface area contributed by atoms with Crippen molar-refractivity contribution in [2.75, 3.05) is 13.4 Å². The number of benzene rings is 1. The van der Waals surface area contributed by atoms with Gasteiger partial charge in [-0.25, -0.2) is 0 Å². The zero-order valence-electron chi connectivity index (χ0n) is 10.6. The Balaban J connectivity index is 3.10. The van der Waals surface area contributed by atoms with Crippen LogP contribution in [0.4, 0.5) is 0 Å². The fourth-order valence-corrected chi connectivity index (χ4v) is 2.26. The van der Waals surface area contributed by atoms with Crippen molar-refractivity contribution >= 4 is 17.7 Å². The van der Waals surface area contributed by atoms with Crippen LogP contribution < -0.4 is 4.74 Å². The lowest BCUT2D eigenvalue weighted by atomic mass is 9.85. The smallest absolute Gasteiger partial charge is 0.309 e. The molecule has 0 bridgehead atoms. The molecule has 0 saturated heterocycles. The number of carboxylic acids is 1. The van der Waals surface area contributed by atoms with Gasteiger partial charge in [0, 0.05) is 4.90 Å². The molecule has 0 aliphatic heterocycles. The molecule has 1 rings (SSSR count). The van der Waals surface area contributed by atoms with Gasteiger partial charge in [0.05, 0.1) is 12.5 Å². The van der Waals surface area contributed by atoms with E-state index in [1.165, 1.54) is 0 Å². The third kappa shape index (κ3) is 3.16. The second-order valence-electron chi connectivity index (χ2n) is 4.52. The Morgan fingerprint density at radius 2 is 2.12 bits per heavy atom. The van der Waals surface area contributed by atoms with Crippen LogP contribution in [0.15, 0.2) is 23.1 Å². The molecule has 0 fully saturated rings. The highest BCUT2D eigenvalue weighted by Crippen LogP contribution is 2.34. The molecule has 3 nitrogen and oxygen atoms in total. The zero-order valence-corrected chi connectivity index (χ0v) is 11.4. The molecule has 0 saturated carbocycles. The summed E-state index contributed by atoms with van der Waals surface area (Å²) in [6.07, 6.45) is 2.43.